The van der Waals surface area contributed by atoms with Crippen LogP contribution in [0, 0.1) is 0 Å². The lowest BCUT2D eigenvalue weighted by molar-refractivity contribution is -0.124. The van der Waals surface area contributed by atoms with Gasteiger partial charge in [0.05, 0.1) is 25.6 Å². The molecule has 0 aliphatic carbocycles. The average molecular weight is 330 g/mol. The highest BCUT2D eigenvalue weighted by Crippen LogP contribution is 2.16. The Morgan fingerprint density at radius 1 is 1.42 bits per heavy atom. The van der Waals surface area contributed by atoms with Crippen LogP contribution in [0.4, 0.5) is 0 Å². The van der Waals surface area contributed by atoms with E-state index in [1.54, 1.807) is 18.7 Å². The molecule has 2 atom stereocenters. The molecule has 7 heteroatoms. The summed E-state index contributed by atoms with van der Waals surface area (Å²) in [6, 6.07) is 5.39. The van der Waals surface area contributed by atoms with Crippen molar-refractivity contribution in [3.63, 3.8) is 0 Å². The second-order valence-electron chi connectivity index (χ2n) is 5.77. The summed E-state index contributed by atoms with van der Waals surface area (Å²) in [6.07, 6.45) is 8.92. The van der Waals surface area contributed by atoms with E-state index in [-0.39, 0.29) is 18.1 Å². The molecule has 1 N–H and O–H groups in total. The van der Waals surface area contributed by atoms with Crippen molar-refractivity contribution in [2.75, 3.05) is 13.2 Å². The SMILES string of the molecule is O=C(CCCn1ccnc1)N[C@@H]1COCC[C@H]1Oc1ccccn1. The number of aryl methyl sites for hydroxylation is 1. The first-order chi connectivity index (χ1) is 11.8. The molecule has 128 valence electrons. The molecule has 3 heterocycles. The molecule has 7 nitrogen and oxygen atoms in total. The van der Waals surface area contributed by atoms with E-state index >= 15 is 0 Å². The lowest BCUT2D eigenvalue weighted by Gasteiger charge is -2.32. The van der Waals surface area contributed by atoms with Gasteiger partial charge in [-0.05, 0) is 12.5 Å². The standard InChI is InChI=1S/C17H22N4O3/c22-16(4-3-9-21-10-8-18-13-21)20-14-12-23-11-6-15(14)24-17-5-1-2-7-19-17/h1-2,5,7-8,10,13-15H,3-4,6,9,11-12H2,(H,20,22)/t14-,15-/m1/s1. The summed E-state index contributed by atoms with van der Waals surface area (Å²) in [6.45, 7) is 1.87. The largest absolute Gasteiger partial charge is 0.472 e. The fourth-order valence-electron chi connectivity index (χ4n) is 2.69. The van der Waals surface area contributed by atoms with Crippen molar-refractivity contribution < 1.29 is 14.3 Å². The zero-order valence-corrected chi connectivity index (χ0v) is 13.5. The molecular formula is C17H22N4O3. The Bertz CT molecular complexity index is 618. The first kappa shape index (κ1) is 16.4. The maximum atomic E-state index is 12.2. The first-order valence-corrected chi connectivity index (χ1v) is 8.22. The van der Waals surface area contributed by atoms with Crippen LogP contribution in [0.2, 0.25) is 0 Å². The molecule has 3 rings (SSSR count). The van der Waals surface area contributed by atoms with Crippen molar-refractivity contribution in [1.82, 2.24) is 19.9 Å². The highest BCUT2D eigenvalue weighted by molar-refractivity contribution is 5.76. The Balaban J connectivity index is 1.47. The maximum Gasteiger partial charge on any atom is 0.220 e. The quantitative estimate of drug-likeness (QED) is 0.830. The summed E-state index contributed by atoms with van der Waals surface area (Å²) in [5.41, 5.74) is 0. The van der Waals surface area contributed by atoms with Crippen molar-refractivity contribution in [3.8, 4) is 5.88 Å². The van der Waals surface area contributed by atoms with Crippen LogP contribution in [0.15, 0.2) is 43.1 Å². The summed E-state index contributed by atoms with van der Waals surface area (Å²) in [7, 11) is 0. The molecule has 1 aliphatic rings. The van der Waals surface area contributed by atoms with Crippen LogP contribution in [0.1, 0.15) is 19.3 Å². The molecule has 0 radical (unpaired) electrons. The monoisotopic (exact) mass is 330 g/mol. The number of ether oxygens (including phenoxy) is 2. The zero-order valence-electron chi connectivity index (χ0n) is 13.5. The van der Waals surface area contributed by atoms with Crippen molar-refractivity contribution in [3.05, 3.63) is 43.1 Å². The Kier molecular flexibility index (Phi) is 5.79. The molecule has 1 aliphatic heterocycles. The number of pyridine rings is 1. The topological polar surface area (TPSA) is 78.3 Å². The minimum atomic E-state index is -0.151. The predicted molar refractivity (Wildman–Crippen MR) is 87.5 cm³/mol. The molecule has 0 unspecified atom stereocenters. The van der Waals surface area contributed by atoms with Crippen molar-refractivity contribution in [1.29, 1.82) is 0 Å². The number of amides is 1. The van der Waals surface area contributed by atoms with Gasteiger partial charge in [-0.1, -0.05) is 6.07 Å². The molecule has 0 spiro atoms. The van der Waals surface area contributed by atoms with E-state index in [1.165, 1.54) is 0 Å². The van der Waals surface area contributed by atoms with Crippen LogP contribution in [-0.2, 0) is 16.1 Å². The van der Waals surface area contributed by atoms with E-state index in [2.05, 4.69) is 15.3 Å². The van der Waals surface area contributed by atoms with E-state index in [0.29, 0.717) is 25.5 Å². The van der Waals surface area contributed by atoms with Gasteiger partial charge >= 0.3 is 0 Å². The van der Waals surface area contributed by atoms with Crippen LogP contribution < -0.4 is 10.1 Å². The summed E-state index contributed by atoms with van der Waals surface area (Å²) >= 11 is 0. The maximum absolute atomic E-state index is 12.2. The van der Waals surface area contributed by atoms with Gasteiger partial charge in [0.1, 0.15) is 6.10 Å². The number of imidazole rings is 1. The molecule has 1 fully saturated rings. The van der Waals surface area contributed by atoms with E-state index in [4.69, 9.17) is 9.47 Å². The smallest absolute Gasteiger partial charge is 0.220 e. The van der Waals surface area contributed by atoms with Crippen LogP contribution in [-0.4, -0.2) is 45.8 Å². The average Bonchev–Trinajstić information content (AvgIpc) is 3.11. The second kappa shape index (κ2) is 8.44. The van der Waals surface area contributed by atoms with Gasteiger partial charge in [0, 0.05) is 44.0 Å². The minimum absolute atomic E-state index is 0.0141. The molecule has 2 aromatic rings. The molecule has 2 aromatic heterocycles. The third-order valence-corrected chi connectivity index (χ3v) is 3.93. The Morgan fingerprint density at radius 3 is 3.17 bits per heavy atom. The van der Waals surface area contributed by atoms with Gasteiger partial charge in [-0.3, -0.25) is 4.79 Å². The zero-order chi connectivity index (χ0) is 16.6. The fraction of sp³-hybridized carbons (Fsp3) is 0.471. The van der Waals surface area contributed by atoms with Gasteiger partial charge in [0.25, 0.3) is 0 Å². The third kappa shape index (κ3) is 4.79. The molecule has 1 amide bonds. The van der Waals surface area contributed by atoms with Gasteiger partial charge in [-0.25, -0.2) is 9.97 Å². The molecule has 0 bridgehead atoms. The van der Waals surface area contributed by atoms with E-state index < -0.39 is 0 Å². The van der Waals surface area contributed by atoms with Crippen LogP contribution in [0.25, 0.3) is 0 Å². The summed E-state index contributed by atoms with van der Waals surface area (Å²) < 4.78 is 13.4. The number of nitrogens with zero attached hydrogens (tertiary/aromatic N) is 3. The Hall–Kier alpha value is -2.41. The molecular weight excluding hydrogens is 308 g/mol. The number of hydrogen-bond acceptors (Lipinski definition) is 5. The van der Waals surface area contributed by atoms with Crippen LogP contribution in [0.3, 0.4) is 0 Å². The van der Waals surface area contributed by atoms with Crippen molar-refractivity contribution in [2.45, 2.75) is 38.0 Å². The van der Waals surface area contributed by atoms with Crippen LogP contribution in [0.5, 0.6) is 5.88 Å². The predicted octanol–water partition coefficient (Wildman–Crippen LogP) is 1.41. The number of carbonyl (C=O) groups excluding carboxylic acids is 1. The lowest BCUT2D eigenvalue weighted by Crippen LogP contribution is -2.51. The van der Waals surface area contributed by atoms with Gasteiger partial charge in [0.15, 0.2) is 0 Å². The number of aromatic nitrogens is 3. The highest BCUT2D eigenvalue weighted by atomic mass is 16.5. The molecule has 24 heavy (non-hydrogen) atoms. The van der Waals surface area contributed by atoms with Gasteiger partial charge in [-0.2, -0.15) is 0 Å². The van der Waals surface area contributed by atoms with Crippen molar-refractivity contribution >= 4 is 5.91 Å². The molecule has 0 saturated carbocycles. The lowest BCUT2D eigenvalue weighted by atomic mass is 10.1. The second-order valence-corrected chi connectivity index (χ2v) is 5.77. The Morgan fingerprint density at radius 2 is 2.38 bits per heavy atom. The van der Waals surface area contributed by atoms with Gasteiger partial charge in [0.2, 0.25) is 11.8 Å². The first-order valence-electron chi connectivity index (χ1n) is 8.22. The molecule has 1 saturated heterocycles. The van der Waals surface area contributed by atoms with E-state index in [0.717, 1.165) is 19.4 Å². The van der Waals surface area contributed by atoms with E-state index in [1.807, 2.05) is 29.0 Å². The number of nitrogens with one attached hydrogen (secondary N) is 1. The summed E-state index contributed by atoms with van der Waals surface area (Å²) in [4.78, 5) is 20.3. The normalized spacial score (nSPS) is 20.5. The van der Waals surface area contributed by atoms with E-state index in [9.17, 15) is 4.79 Å². The Labute approximate surface area is 141 Å². The number of rotatable bonds is 7. The third-order valence-electron chi connectivity index (χ3n) is 3.93. The summed E-state index contributed by atoms with van der Waals surface area (Å²) in [5, 5.41) is 3.03. The minimum Gasteiger partial charge on any atom is -0.472 e. The summed E-state index contributed by atoms with van der Waals surface area (Å²) in [5.74, 6) is 0.587. The molecule has 0 aromatic carbocycles. The van der Waals surface area contributed by atoms with Crippen LogP contribution >= 0.6 is 0 Å². The van der Waals surface area contributed by atoms with Crippen molar-refractivity contribution in [2.24, 2.45) is 0 Å². The number of carbonyl (C=O) groups is 1. The highest BCUT2D eigenvalue weighted by Gasteiger charge is 2.29. The van der Waals surface area contributed by atoms with Gasteiger partial charge < -0.3 is 19.4 Å². The number of hydrogen-bond donors (Lipinski definition) is 1. The fourth-order valence-corrected chi connectivity index (χ4v) is 2.69. The van der Waals surface area contributed by atoms with Gasteiger partial charge in [-0.15, -0.1) is 0 Å².